The summed E-state index contributed by atoms with van der Waals surface area (Å²) in [7, 11) is 0. The van der Waals surface area contributed by atoms with Gasteiger partial charge in [0.15, 0.2) is 0 Å². The third kappa shape index (κ3) is 8.80. The molecule has 8 aromatic rings. The number of benzene rings is 6. The number of fused-ring (bicyclic) bond motifs is 2. The number of aryl methyl sites for hydroxylation is 6. The molecule has 0 aromatic heterocycles. The molecule has 0 aliphatic rings. The van der Waals surface area contributed by atoms with Gasteiger partial charge in [0.2, 0.25) is 0 Å². The molecule has 2 radical (unpaired) electrons. The van der Waals surface area contributed by atoms with E-state index in [2.05, 4.69) is 194 Å². The van der Waals surface area contributed by atoms with Gasteiger partial charge in [-0.05, 0) is 38.8 Å². The molecule has 0 N–H and O–H groups in total. The minimum absolute atomic E-state index is 0. The van der Waals surface area contributed by atoms with Crippen LogP contribution in [0.4, 0.5) is 0 Å². The van der Waals surface area contributed by atoms with Crippen molar-refractivity contribution in [1.82, 2.24) is 0 Å². The summed E-state index contributed by atoms with van der Waals surface area (Å²) in [5.74, 6) is 0. The third-order valence-corrected chi connectivity index (χ3v) is 9.51. The quantitative estimate of drug-likeness (QED) is 0.124. The maximum atomic E-state index is 3.06. The summed E-state index contributed by atoms with van der Waals surface area (Å²) in [5, 5.41) is 5.37. The topological polar surface area (TPSA) is 0 Å². The minimum atomic E-state index is 0. The van der Waals surface area contributed by atoms with Crippen LogP contribution in [0.25, 0.3) is 66.1 Å². The van der Waals surface area contributed by atoms with E-state index in [0.29, 0.717) is 0 Å². The Hall–Kier alpha value is -4.36. The molecule has 52 heavy (non-hydrogen) atoms. The van der Waals surface area contributed by atoms with Crippen LogP contribution in [0.2, 0.25) is 0 Å². The zero-order valence-corrected chi connectivity index (χ0v) is 35.3. The van der Waals surface area contributed by atoms with Gasteiger partial charge in [-0.15, -0.1) is 44.8 Å². The van der Waals surface area contributed by atoms with E-state index >= 15 is 0 Å². The molecule has 0 spiro atoms. The first-order valence-corrected chi connectivity index (χ1v) is 21.4. The second-order valence-electron chi connectivity index (χ2n) is 13.5. The normalized spacial score (nSPS) is 10.3. The Morgan fingerprint density at radius 2 is 0.577 bits per heavy atom. The molecule has 0 aliphatic carbocycles. The van der Waals surface area contributed by atoms with Gasteiger partial charge in [0.05, 0.1) is 0 Å². The number of rotatable bonds is 4. The third-order valence-electron chi connectivity index (χ3n) is 9.51. The molecule has 0 bridgehead atoms. The van der Waals surface area contributed by atoms with Crippen LogP contribution in [0.15, 0.2) is 146 Å². The first-order valence-electron chi connectivity index (χ1n) is 17.2. The van der Waals surface area contributed by atoms with Crippen LogP contribution in [0, 0.1) is 56.4 Å². The van der Waals surface area contributed by atoms with Gasteiger partial charge in [-0.25, -0.2) is 0 Å². The van der Waals surface area contributed by atoms with Crippen molar-refractivity contribution in [2.24, 2.45) is 0 Å². The first kappa shape index (κ1) is 40.4. The van der Waals surface area contributed by atoms with E-state index in [1.54, 1.807) is 0 Å². The monoisotopic (exact) mass is 766 g/mol. The van der Waals surface area contributed by atoms with Crippen molar-refractivity contribution >= 4 is 28.4 Å². The molecule has 0 atom stereocenters. The molecule has 260 valence electrons. The van der Waals surface area contributed by atoms with Crippen molar-refractivity contribution < 1.29 is 23.3 Å². The standard InChI is InChI=1S/2C24H21.2CH3.Si.Zr/c2*1-16-4-8-19(9-5-16)21-12-13-22(20-10-6-17(2)7-11-20)24-15-18(3)14-23(21)24;;;;/h2*4-15H,1-3H3;2*1H3;;/q4*-1;;. The second-order valence-corrected chi connectivity index (χ2v) is 13.5. The molecule has 0 nitrogen and oxygen atoms in total. The molecule has 0 unspecified atom stereocenters. The van der Waals surface area contributed by atoms with E-state index in [4.69, 9.17) is 0 Å². The predicted molar refractivity (Wildman–Crippen MR) is 228 cm³/mol. The van der Waals surface area contributed by atoms with Crippen LogP contribution < -0.4 is 0 Å². The Kier molecular flexibility index (Phi) is 13.9. The summed E-state index contributed by atoms with van der Waals surface area (Å²) in [5.41, 5.74) is 18.2. The summed E-state index contributed by atoms with van der Waals surface area (Å²) in [6, 6.07) is 53.5. The van der Waals surface area contributed by atoms with Crippen molar-refractivity contribution in [2.45, 2.75) is 41.5 Å². The molecule has 8 aromatic carbocycles. The van der Waals surface area contributed by atoms with Gasteiger partial charge < -0.3 is 14.9 Å². The zero-order valence-electron chi connectivity index (χ0n) is 31.9. The van der Waals surface area contributed by atoms with E-state index in [1.807, 2.05) is 0 Å². The Bertz CT molecular complexity index is 2030. The van der Waals surface area contributed by atoms with Crippen LogP contribution >= 0.6 is 0 Å². The van der Waals surface area contributed by atoms with E-state index in [1.165, 1.54) is 123 Å². The average molecular weight is 768 g/mol. The van der Waals surface area contributed by atoms with Crippen LogP contribution in [-0.4, -0.2) is 6.88 Å². The molecule has 0 saturated carbocycles. The fourth-order valence-corrected chi connectivity index (χ4v) is 6.83. The van der Waals surface area contributed by atoms with E-state index in [9.17, 15) is 0 Å². The summed E-state index contributed by atoms with van der Waals surface area (Å²) >= 11 is 1.36. The Balaban J connectivity index is 0.000000214. The summed E-state index contributed by atoms with van der Waals surface area (Å²) < 4.78 is 0. The van der Waals surface area contributed by atoms with E-state index < -0.39 is 0 Å². The Morgan fingerprint density at radius 1 is 0.346 bits per heavy atom. The second kappa shape index (κ2) is 17.9. The summed E-state index contributed by atoms with van der Waals surface area (Å²) in [6.07, 6.45) is 0. The van der Waals surface area contributed by atoms with Crippen LogP contribution in [0.5, 0.6) is 0 Å². The maximum absolute atomic E-state index is 3.06. The fraction of sp³-hybridized carbons (Fsp3) is 0.120. The van der Waals surface area contributed by atoms with Crippen LogP contribution in [0.3, 0.4) is 0 Å². The Labute approximate surface area is 329 Å². The first-order chi connectivity index (χ1) is 24.2. The van der Waals surface area contributed by atoms with E-state index in [0.717, 1.165) is 0 Å². The Morgan fingerprint density at radius 3 is 0.846 bits per heavy atom. The molecular formula is C50H48SiZr-4. The number of hydrogen-bond donors (Lipinski definition) is 0. The van der Waals surface area contributed by atoms with Crippen molar-refractivity contribution in [2.75, 3.05) is 0 Å². The van der Waals surface area contributed by atoms with Gasteiger partial charge in [-0.1, -0.05) is 191 Å². The fourth-order valence-electron chi connectivity index (χ4n) is 6.83. The molecule has 0 heterocycles. The summed E-state index contributed by atoms with van der Waals surface area (Å²) in [4.78, 5) is 0. The van der Waals surface area contributed by atoms with Crippen molar-refractivity contribution in [3.05, 3.63) is 194 Å². The molecule has 0 fully saturated rings. The molecular weight excluding hydrogens is 720 g/mol. The number of hydrogen-bond acceptors (Lipinski definition) is 0. The van der Waals surface area contributed by atoms with Gasteiger partial charge in [-0.2, -0.15) is 12.1 Å². The predicted octanol–water partition coefficient (Wildman–Crippen LogP) is 14.2. The van der Waals surface area contributed by atoms with Crippen molar-refractivity contribution in [1.29, 1.82) is 0 Å². The van der Waals surface area contributed by atoms with E-state index in [-0.39, 0.29) is 14.9 Å². The molecule has 2 heteroatoms. The van der Waals surface area contributed by atoms with Gasteiger partial charge >= 0.3 is 30.2 Å². The van der Waals surface area contributed by atoms with Gasteiger partial charge in [0.1, 0.15) is 0 Å². The summed E-state index contributed by atoms with van der Waals surface area (Å²) in [6.45, 7) is 15.9. The van der Waals surface area contributed by atoms with Crippen molar-refractivity contribution in [3.63, 3.8) is 0 Å². The average Bonchev–Trinajstić information content (AvgIpc) is 3.72. The van der Waals surface area contributed by atoms with Crippen LogP contribution in [0.1, 0.15) is 33.4 Å². The SMILES string of the molecule is Cc1ccc(-c2ccc(-c3ccc(C)cc3)c3[cH-]c(C)cc23)cc1.Cc1ccc(-c2ccc(-c3ccc(C)cc3)c3[cH-]c(C)cc23)cc1.[CH3-].[CH3-].[Si]=[Zr]. The van der Waals surface area contributed by atoms with Gasteiger partial charge in [-0.3, -0.25) is 0 Å². The molecule has 0 amide bonds. The zero-order chi connectivity index (χ0) is 35.4. The van der Waals surface area contributed by atoms with Gasteiger partial charge in [0, 0.05) is 0 Å². The molecule has 8 rings (SSSR count). The molecule has 0 aliphatic heterocycles. The van der Waals surface area contributed by atoms with Gasteiger partial charge in [0.25, 0.3) is 0 Å². The van der Waals surface area contributed by atoms with Crippen LogP contribution in [-0.2, 0) is 23.3 Å². The van der Waals surface area contributed by atoms with Crippen molar-refractivity contribution in [3.8, 4) is 44.5 Å². The molecule has 0 saturated heterocycles.